The topological polar surface area (TPSA) is 35.5 Å². The minimum atomic E-state index is -4.08. The number of nitrogens with zero attached hydrogens (tertiary/aromatic N) is 1. The summed E-state index contributed by atoms with van der Waals surface area (Å²) in [5.41, 5.74) is 0. The second-order valence-corrected chi connectivity index (χ2v) is 4.64. The first-order valence-corrected chi connectivity index (χ1v) is 6.04. The first kappa shape index (κ1) is 14.7. The van der Waals surface area contributed by atoms with Crippen LogP contribution in [0.1, 0.15) is 19.3 Å². The van der Waals surface area contributed by atoms with Crippen molar-refractivity contribution in [3.8, 4) is 0 Å². The molecule has 2 unspecified atom stereocenters. The molecule has 1 rings (SSSR count). The largest absolute Gasteiger partial charge is 0.396 e. The number of alkyl halides is 3. The molecule has 0 spiro atoms. The molecule has 0 aromatic carbocycles. The van der Waals surface area contributed by atoms with E-state index >= 15 is 0 Å². The number of aliphatic hydroxyl groups excluding tert-OH is 1. The fraction of sp³-hybridized carbons (Fsp3) is 1.00. The maximum atomic E-state index is 12.6. The number of piperidine rings is 1. The lowest BCUT2D eigenvalue weighted by Crippen LogP contribution is -2.47. The quantitative estimate of drug-likeness (QED) is 0.774. The van der Waals surface area contributed by atoms with E-state index in [2.05, 4.69) is 5.32 Å². The Hall–Kier alpha value is -0.330. The Morgan fingerprint density at radius 3 is 2.71 bits per heavy atom. The van der Waals surface area contributed by atoms with Crippen molar-refractivity contribution in [3.63, 3.8) is 0 Å². The lowest BCUT2D eigenvalue weighted by Gasteiger charge is -2.35. The summed E-state index contributed by atoms with van der Waals surface area (Å²) in [6, 6.07) is 0.0620. The van der Waals surface area contributed by atoms with Crippen LogP contribution in [-0.2, 0) is 0 Å². The third-order valence-corrected chi connectivity index (χ3v) is 3.33. The highest BCUT2D eigenvalue weighted by Gasteiger charge is 2.41. The van der Waals surface area contributed by atoms with Crippen LogP contribution in [-0.4, -0.2) is 55.5 Å². The summed E-state index contributed by atoms with van der Waals surface area (Å²) >= 11 is 0. The van der Waals surface area contributed by atoms with Crippen LogP contribution in [0, 0.1) is 5.92 Å². The maximum Gasteiger partial charge on any atom is 0.393 e. The molecule has 6 heteroatoms. The highest BCUT2D eigenvalue weighted by Crippen LogP contribution is 2.33. The number of hydrogen-bond donors (Lipinski definition) is 2. The van der Waals surface area contributed by atoms with E-state index in [4.69, 9.17) is 5.11 Å². The summed E-state index contributed by atoms with van der Waals surface area (Å²) in [4.78, 5) is 1.85. The van der Waals surface area contributed by atoms with Gasteiger partial charge in [-0.15, -0.1) is 0 Å². The van der Waals surface area contributed by atoms with Crippen LogP contribution in [0.3, 0.4) is 0 Å². The van der Waals surface area contributed by atoms with Gasteiger partial charge < -0.3 is 15.3 Å². The molecule has 0 radical (unpaired) electrons. The van der Waals surface area contributed by atoms with Gasteiger partial charge in [0.1, 0.15) is 0 Å². The van der Waals surface area contributed by atoms with Crippen molar-refractivity contribution in [2.75, 3.05) is 33.3 Å². The van der Waals surface area contributed by atoms with Crippen LogP contribution in [0.5, 0.6) is 0 Å². The van der Waals surface area contributed by atoms with Gasteiger partial charge in [-0.2, -0.15) is 13.2 Å². The minimum absolute atomic E-state index is 0.0576. The highest BCUT2D eigenvalue weighted by atomic mass is 19.4. The van der Waals surface area contributed by atoms with Crippen LogP contribution >= 0.6 is 0 Å². The number of likely N-dealkylation sites (N-methyl/N-ethyl adjacent to an activating group) is 1. The molecule has 2 N–H and O–H groups in total. The number of hydrogen-bond acceptors (Lipinski definition) is 3. The number of halogens is 3. The molecule has 1 fully saturated rings. The van der Waals surface area contributed by atoms with Crippen molar-refractivity contribution in [2.45, 2.75) is 31.5 Å². The number of aliphatic hydroxyl groups is 1. The maximum absolute atomic E-state index is 12.6. The van der Waals surface area contributed by atoms with Crippen molar-refractivity contribution in [2.24, 2.45) is 5.92 Å². The third kappa shape index (κ3) is 4.81. The Balaban J connectivity index is 2.43. The van der Waals surface area contributed by atoms with Crippen LogP contribution in [0.2, 0.25) is 0 Å². The van der Waals surface area contributed by atoms with Crippen molar-refractivity contribution in [1.82, 2.24) is 10.2 Å². The molecular formula is C11H21F3N2O. The summed E-state index contributed by atoms with van der Waals surface area (Å²) < 4.78 is 37.8. The first-order valence-electron chi connectivity index (χ1n) is 6.04. The van der Waals surface area contributed by atoms with Crippen LogP contribution in [0.15, 0.2) is 0 Å². The SMILES string of the molecule is CNC(CCO)CN1CCCC(C(F)(F)F)C1. The number of rotatable bonds is 5. The molecule has 17 heavy (non-hydrogen) atoms. The van der Waals surface area contributed by atoms with Gasteiger partial charge in [0.2, 0.25) is 0 Å². The van der Waals surface area contributed by atoms with Gasteiger partial charge in [-0.25, -0.2) is 0 Å². The smallest absolute Gasteiger partial charge is 0.393 e. The van der Waals surface area contributed by atoms with Gasteiger partial charge in [-0.3, -0.25) is 0 Å². The normalized spacial score (nSPS) is 24.9. The second-order valence-electron chi connectivity index (χ2n) is 4.64. The summed E-state index contributed by atoms with van der Waals surface area (Å²) in [6.45, 7) is 1.44. The minimum Gasteiger partial charge on any atom is -0.396 e. The first-order chi connectivity index (χ1) is 7.97. The Morgan fingerprint density at radius 1 is 1.47 bits per heavy atom. The average molecular weight is 254 g/mol. The molecule has 2 atom stereocenters. The lowest BCUT2D eigenvalue weighted by atomic mass is 9.97. The highest BCUT2D eigenvalue weighted by molar-refractivity contribution is 4.80. The molecule has 1 saturated heterocycles. The van der Waals surface area contributed by atoms with Crippen LogP contribution in [0.25, 0.3) is 0 Å². The van der Waals surface area contributed by atoms with Crippen LogP contribution < -0.4 is 5.32 Å². The zero-order chi connectivity index (χ0) is 12.9. The summed E-state index contributed by atoms with van der Waals surface area (Å²) in [5.74, 6) is -1.19. The molecule has 102 valence electrons. The summed E-state index contributed by atoms with van der Waals surface area (Å²) in [5, 5.41) is 11.9. The fourth-order valence-corrected chi connectivity index (χ4v) is 2.28. The molecule has 0 aromatic rings. The third-order valence-electron chi connectivity index (χ3n) is 3.33. The fourth-order valence-electron chi connectivity index (χ4n) is 2.28. The van der Waals surface area contributed by atoms with Gasteiger partial charge in [-0.1, -0.05) is 0 Å². The van der Waals surface area contributed by atoms with Crippen LogP contribution in [0.4, 0.5) is 13.2 Å². The lowest BCUT2D eigenvalue weighted by molar-refractivity contribution is -0.186. The zero-order valence-electron chi connectivity index (χ0n) is 10.1. The molecule has 0 aliphatic carbocycles. The Labute approximate surface area is 100.0 Å². The van der Waals surface area contributed by atoms with Gasteiger partial charge >= 0.3 is 6.18 Å². The van der Waals surface area contributed by atoms with E-state index in [0.29, 0.717) is 19.4 Å². The predicted octanol–water partition coefficient (Wildman–Crippen LogP) is 1.23. The average Bonchev–Trinajstić information content (AvgIpc) is 2.28. The van der Waals surface area contributed by atoms with E-state index in [1.807, 2.05) is 4.90 Å². The van der Waals surface area contributed by atoms with Crippen molar-refractivity contribution in [1.29, 1.82) is 0 Å². The van der Waals surface area contributed by atoms with Crippen molar-refractivity contribution >= 4 is 0 Å². The molecule has 0 aromatic heterocycles. The summed E-state index contributed by atoms with van der Waals surface area (Å²) in [6.07, 6.45) is -2.67. The Bertz CT molecular complexity index is 223. The molecular weight excluding hydrogens is 233 g/mol. The van der Waals surface area contributed by atoms with Gasteiger partial charge in [0.05, 0.1) is 5.92 Å². The number of nitrogens with one attached hydrogen (secondary N) is 1. The Kier molecular flexibility index (Phi) is 5.69. The number of likely N-dealkylation sites (tertiary alicyclic amines) is 1. The van der Waals surface area contributed by atoms with E-state index < -0.39 is 12.1 Å². The van der Waals surface area contributed by atoms with E-state index in [1.54, 1.807) is 7.05 Å². The Morgan fingerprint density at radius 2 is 2.18 bits per heavy atom. The molecule has 3 nitrogen and oxygen atoms in total. The van der Waals surface area contributed by atoms with E-state index in [-0.39, 0.29) is 25.6 Å². The monoisotopic (exact) mass is 254 g/mol. The van der Waals surface area contributed by atoms with Gasteiger partial charge in [0.25, 0.3) is 0 Å². The molecule has 0 saturated carbocycles. The van der Waals surface area contributed by atoms with E-state index in [9.17, 15) is 13.2 Å². The molecule has 0 amide bonds. The molecule has 0 bridgehead atoms. The predicted molar refractivity (Wildman–Crippen MR) is 59.8 cm³/mol. The summed E-state index contributed by atoms with van der Waals surface area (Å²) in [7, 11) is 1.77. The zero-order valence-corrected chi connectivity index (χ0v) is 10.1. The van der Waals surface area contributed by atoms with Crippen molar-refractivity contribution < 1.29 is 18.3 Å². The molecule has 1 aliphatic heterocycles. The van der Waals surface area contributed by atoms with Gasteiger partial charge in [-0.05, 0) is 32.9 Å². The molecule has 1 heterocycles. The van der Waals surface area contributed by atoms with Crippen molar-refractivity contribution in [3.05, 3.63) is 0 Å². The van der Waals surface area contributed by atoms with E-state index in [1.165, 1.54) is 0 Å². The molecule has 1 aliphatic rings. The second kappa shape index (κ2) is 6.56. The van der Waals surface area contributed by atoms with Gasteiger partial charge in [0.15, 0.2) is 0 Å². The van der Waals surface area contributed by atoms with E-state index in [0.717, 1.165) is 6.54 Å². The van der Waals surface area contributed by atoms with Gasteiger partial charge in [0, 0.05) is 25.7 Å². The standard InChI is InChI=1S/C11H21F3N2O/c1-15-10(4-6-17)8-16-5-2-3-9(7-16)11(12,13)14/h9-10,15,17H,2-8H2,1H3.